The molecule has 0 fully saturated rings. The SMILES string of the molecule is CCC(C)Cn1ccc2ccc(CNC(C)C)cc21. The van der Waals surface area contributed by atoms with E-state index >= 15 is 0 Å². The third kappa shape index (κ3) is 3.60. The smallest absolute Gasteiger partial charge is 0.0483 e. The van der Waals surface area contributed by atoms with Gasteiger partial charge in [-0.1, -0.05) is 46.2 Å². The van der Waals surface area contributed by atoms with Crippen molar-refractivity contribution in [2.75, 3.05) is 0 Å². The van der Waals surface area contributed by atoms with Crippen molar-refractivity contribution in [1.29, 1.82) is 0 Å². The number of nitrogens with one attached hydrogen (secondary N) is 1. The van der Waals surface area contributed by atoms with Crippen LogP contribution in [0.15, 0.2) is 30.5 Å². The van der Waals surface area contributed by atoms with Crippen molar-refractivity contribution in [3.63, 3.8) is 0 Å². The number of rotatable bonds is 6. The van der Waals surface area contributed by atoms with Crippen molar-refractivity contribution in [3.8, 4) is 0 Å². The van der Waals surface area contributed by atoms with Crippen LogP contribution in [0.5, 0.6) is 0 Å². The van der Waals surface area contributed by atoms with Crippen molar-refractivity contribution >= 4 is 10.9 Å². The summed E-state index contributed by atoms with van der Waals surface area (Å²) in [7, 11) is 0. The van der Waals surface area contributed by atoms with Gasteiger partial charge in [0.2, 0.25) is 0 Å². The summed E-state index contributed by atoms with van der Waals surface area (Å²) in [6.07, 6.45) is 3.45. The molecule has 0 saturated heterocycles. The Morgan fingerprint density at radius 2 is 1.95 bits per heavy atom. The molecule has 2 rings (SSSR count). The largest absolute Gasteiger partial charge is 0.347 e. The van der Waals surface area contributed by atoms with Crippen LogP contribution in [0.4, 0.5) is 0 Å². The summed E-state index contributed by atoms with van der Waals surface area (Å²) in [5, 5.41) is 4.82. The molecule has 0 saturated carbocycles. The first-order valence-electron chi connectivity index (χ1n) is 7.41. The molecule has 1 heterocycles. The van der Waals surface area contributed by atoms with E-state index in [0.717, 1.165) is 19.0 Å². The molecule has 1 N–H and O–H groups in total. The molecular weight excluding hydrogens is 232 g/mol. The molecular formula is C17H26N2. The van der Waals surface area contributed by atoms with Gasteiger partial charge in [0, 0.05) is 30.8 Å². The molecule has 1 aromatic heterocycles. The van der Waals surface area contributed by atoms with Gasteiger partial charge in [-0.3, -0.25) is 0 Å². The van der Waals surface area contributed by atoms with E-state index in [-0.39, 0.29) is 0 Å². The average Bonchev–Trinajstić information content (AvgIpc) is 2.79. The van der Waals surface area contributed by atoms with Gasteiger partial charge in [-0.2, -0.15) is 0 Å². The third-order valence-corrected chi connectivity index (χ3v) is 3.76. The van der Waals surface area contributed by atoms with E-state index < -0.39 is 0 Å². The van der Waals surface area contributed by atoms with E-state index in [9.17, 15) is 0 Å². The molecule has 0 aliphatic heterocycles. The zero-order chi connectivity index (χ0) is 13.8. The molecule has 2 nitrogen and oxygen atoms in total. The summed E-state index contributed by atoms with van der Waals surface area (Å²) in [4.78, 5) is 0. The van der Waals surface area contributed by atoms with Gasteiger partial charge < -0.3 is 9.88 Å². The molecule has 0 aliphatic rings. The van der Waals surface area contributed by atoms with Crippen LogP contribution in [-0.2, 0) is 13.1 Å². The second-order valence-corrected chi connectivity index (χ2v) is 5.91. The first-order chi connectivity index (χ1) is 9.10. The third-order valence-electron chi connectivity index (χ3n) is 3.76. The van der Waals surface area contributed by atoms with Gasteiger partial charge in [0.05, 0.1) is 0 Å². The molecule has 1 atom stereocenters. The Hall–Kier alpha value is -1.28. The predicted molar refractivity (Wildman–Crippen MR) is 83.4 cm³/mol. The lowest BCUT2D eigenvalue weighted by Crippen LogP contribution is -2.21. The first kappa shape index (κ1) is 14.1. The van der Waals surface area contributed by atoms with E-state index in [4.69, 9.17) is 0 Å². The number of hydrogen-bond acceptors (Lipinski definition) is 1. The van der Waals surface area contributed by atoms with Crippen LogP contribution in [0.25, 0.3) is 10.9 Å². The zero-order valence-electron chi connectivity index (χ0n) is 12.6. The normalized spacial score (nSPS) is 13.3. The molecule has 2 aromatic rings. The predicted octanol–water partition coefficient (Wildman–Crippen LogP) is 4.19. The van der Waals surface area contributed by atoms with Crippen molar-refractivity contribution in [1.82, 2.24) is 9.88 Å². The Morgan fingerprint density at radius 3 is 2.63 bits per heavy atom. The summed E-state index contributed by atoms with van der Waals surface area (Å²) in [5.74, 6) is 0.730. The van der Waals surface area contributed by atoms with Crippen LogP contribution in [0.3, 0.4) is 0 Å². The minimum atomic E-state index is 0.530. The van der Waals surface area contributed by atoms with Crippen LogP contribution in [0.2, 0.25) is 0 Å². The quantitative estimate of drug-likeness (QED) is 0.822. The number of hydrogen-bond donors (Lipinski definition) is 1. The van der Waals surface area contributed by atoms with Crippen LogP contribution in [-0.4, -0.2) is 10.6 Å². The molecule has 0 aliphatic carbocycles. The van der Waals surface area contributed by atoms with Gasteiger partial charge >= 0.3 is 0 Å². The van der Waals surface area contributed by atoms with Gasteiger partial charge in [-0.25, -0.2) is 0 Å². The summed E-state index contributed by atoms with van der Waals surface area (Å²) in [6, 6.07) is 9.54. The average molecular weight is 258 g/mol. The summed E-state index contributed by atoms with van der Waals surface area (Å²) in [6.45, 7) is 11.0. The Bertz CT molecular complexity index is 525. The Labute approximate surface area is 116 Å². The monoisotopic (exact) mass is 258 g/mol. The van der Waals surface area contributed by atoms with Gasteiger partial charge in [0.25, 0.3) is 0 Å². The minimum Gasteiger partial charge on any atom is -0.347 e. The summed E-state index contributed by atoms with van der Waals surface area (Å²) in [5.41, 5.74) is 2.73. The highest BCUT2D eigenvalue weighted by Gasteiger charge is 2.06. The highest BCUT2D eigenvalue weighted by molar-refractivity contribution is 5.80. The fraction of sp³-hybridized carbons (Fsp3) is 0.529. The van der Waals surface area contributed by atoms with Crippen molar-refractivity contribution < 1.29 is 0 Å². The van der Waals surface area contributed by atoms with Gasteiger partial charge in [0.1, 0.15) is 0 Å². The molecule has 1 unspecified atom stereocenters. The lowest BCUT2D eigenvalue weighted by molar-refractivity contribution is 0.477. The number of aromatic nitrogens is 1. The summed E-state index contributed by atoms with van der Waals surface area (Å²) < 4.78 is 2.39. The van der Waals surface area contributed by atoms with Gasteiger partial charge in [-0.15, -0.1) is 0 Å². The van der Waals surface area contributed by atoms with Crippen molar-refractivity contribution in [3.05, 3.63) is 36.0 Å². The standard InChI is InChI=1S/C17H26N2/c1-5-14(4)12-19-9-8-16-7-6-15(10-17(16)19)11-18-13(2)3/h6-10,13-14,18H,5,11-12H2,1-4H3. The van der Waals surface area contributed by atoms with Crippen LogP contribution < -0.4 is 5.32 Å². The minimum absolute atomic E-state index is 0.530. The van der Waals surface area contributed by atoms with E-state index in [1.807, 2.05) is 0 Å². The topological polar surface area (TPSA) is 17.0 Å². The second-order valence-electron chi connectivity index (χ2n) is 5.91. The van der Waals surface area contributed by atoms with Crippen LogP contribution in [0, 0.1) is 5.92 Å². The maximum Gasteiger partial charge on any atom is 0.0483 e. The van der Waals surface area contributed by atoms with Crippen LogP contribution >= 0.6 is 0 Å². The lowest BCUT2D eigenvalue weighted by atomic mass is 10.1. The highest BCUT2D eigenvalue weighted by Crippen LogP contribution is 2.19. The van der Waals surface area contributed by atoms with E-state index in [1.165, 1.54) is 22.9 Å². The molecule has 0 radical (unpaired) electrons. The Balaban J connectivity index is 2.21. The second kappa shape index (κ2) is 6.25. The van der Waals surface area contributed by atoms with Crippen LogP contribution in [0.1, 0.15) is 39.7 Å². The fourth-order valence-corrected chi connectivity index (χ4v) is 2.29. The molecule has 2 heteroatoms. The molecule has 19 heavy (non-hydrogen) atoms. The van der Waals surface area contributed by atoms with Gasteiger partial charge in [-0.05, 0) is 29.0 Å². The number of fused-ring (bicyclic) bond motifs is 1. The van der Waals surface area contributed by atoms with Crippen molar-refractivity contribution in [2.45, 2.75) is 53.2 Å². The van der Waals surface area contributed by atoms with Crippen molar-refractivity contribution in [2.24, 2.45) is 5.92 Å². The number of nitrogens with zero attached hydrogens (tertiary/aromatic N) is 1. The highest BCUT2D eigenvalue weighted by atomic mass is 15.0. The number of benzene rings is 1. The van der Waals surface area contributed by atoms with E-state index in [2.05, 4.69) is 68.0 Å². The molecule has 0 amide bonds. The van der Waals surface area contributed by atoms with Gasteiger partial charge in [0.15, 0.2) is 0 Å². The zero-order valence-corrected chi connectivity index (χ0v) is 12.6. The summed E-state index contributed by atoms with van der Waals surface area (Å²) >= 11 is 0. The Kier molecular flexibility index (Phi) is 4.65. The lowest BCUT2D eigenvalue weighted by Gasteiger charge is -2.12. The molecule has 104 valence electrons. The molecule has 0 spiro atoms. The van der Waals surface area contributed by atoms with E-state index in [1.54, 1.807) is 0 Å². The van der Waals surface area contributed by atoms with E-state index in [0.29, 0.717) is 6.04 Å². The molecule has 0 bridgehead atoms. The maximum atomic E-state index is 3.48. The fourth-order valence-electron chi connectivity index (χ4n) is 2.29. The maximum absolute atomic E-state index is 3.48. The Morgan fingerprint density at radius 1 is 1.16 bits per heavy atom. The molecule has 1 aromatic carbocycles. The first-order valence-corrected chi connectivity index (χ1v) is 7.41.